The number of nitrogens with zero attached hydrogens (tertiary/aromatic N) is 1. The molecule has 1 aromatic carbocycles. The standard InChI is InChI=1S/C15H18F3NO3S/c1-2-10-23(20,21)19-8-6-12(7-9-19)13-4-3-5-14(11-13)22-15(16,17)18/h3-6,11H,2,7-10H2,1H3. The average molecular weight is 349 g/mol. The first-order valence-corrected chi connectivity index (χ1v) is 8.85. The number of benzene rings is 1. The fourth-order valence-corrected chi connectivity index (χ4v) is 3.89. The van der Waals surface area contributed by atoms with E-state index < -0.39 is 16.4 Å². The first kappa shape index (κ1) is 17.8. The second kappa shape index (κ2) is 6.92. The van der Waals surface area contributed by atoms with Crippen LogP contribution in [0.5, 0.6) is 5.75 Å². The van der Waals surface area contributed by atoms with Gasteiger partial charge < -0.3 is 4.74 Å². The van der Waals surface area contributed by atoms with Crippen LogP contribution in [0, 0.1) is 0 Å². The van der Waals surface area contributed by atoms with Crippen LogP contribution in [0.4, 0.5) is 13.2 Å². The molecule has 0 bridgehead atoms. The van der Waals surface area contributed by atoms with Gasteiger partial charge in [0.25, 0.3) is 0 Å². The summed E-state index contributed by atoms with van der Waals surface area (Å²) in [6.45, 7) is 2.37. The van der Waals surface area contributed by atoms with Crippen LogP contribution in [-0.4, -0.2) is 37.9 Å². The summed E-state index contributed by atoms with van der Waals surface area (Å²) in [5, 5.41) is 0. The Morgan fingerprint density at radius 3 is 2.61 bits per heavy atom. The van der Waals surface area contributed by atoms with E-state index in [4.69, 9.17) is 0 Å². The molecule has 0 radical (unpaired) electrons. The summed E-state index contributed by atoms with van der Waals surface area (Å²) in [5.41, 5.74) is 1.43. The lowest BCUT2D eigenvalue weighted by atomic mass is 10.0. The Labute approximate surface area is 133 Å². The zero-order chi connectivity index (χ0) is 17.1. The fraction of sp³-hybridized carbons (Fsp3) is 0.467. The van der Waals surface area contributed by atoms with E-state index in [-0.39, 0.29) is 18.0 Å². The Hall–Kier alpha value is -1.54. The molecule has 1 aliphatic rings. The highest BCUT2D eigenvalue weighted by Gasteiger charge is 2.31. The van der Waals surface area contributed by atoms with Gasteiger partial charge in [-0.3, -0.25) is 0 Å². The predicted molar refractivity (Wildman–Crippen MR) is 81.4 cm³/mol. The first-order valence-electron chi connectivity index (χ1n) is 7.24. The Balaban J connectivity index is 2.12. The van der Waals surface area contributed by atoms with Gasteiger partial charge in [0.1, 0.15) is 5.75 Å². The van der Waals surface area contributed by atoms with Crippen LogP contribution in [0.3, 0.4) is 0 Å². The number of ether oxygens (including phenoxy) is 1. The molecule has 0 spiro atoms. The van der Waals surface area contributed by atoms with E-state index in [1.807, 2.05) is 0 Å². The molecule has 0 saturated heterocycles. The van der Waals surface area contributed by atoms with Crippen molar-refractivity contribution in [3.8, 4) is 5.75 Å². The SMILES string of the molecule is CCCS(=O)(=O)N1CC=C(c2cccc(OC(F)(F)F)c2)CC1. The van der Waals surface area contributed by atoms with Gasteiger partial charge in [-0.2, -0.15) is 4.31 Å². The number of halogens is 3. The van der Waals surface area contributed by atoms with Crippen molar-refractivity contribution in [2.75, 3.05) is 18.8 Å². The summed E-state index contributed by atoms with van der Waals surface area (Å²) in [6, 6.07) is 5.72. The predicted octanol–water partition coefficient (Wildman–Crippen LogP) is 3.41. The van der Waals surface area contributed by atoms with Gasteiger partial charge in [-0.15, -0.1) is 13.2 Å². The molecule has 8 heteroatoms. The third kappa shape index (κ3) is 4.97. The summed E-state index contributed by atoms with van der Waals surface area (Å²) in [7, 11) is -3.26. The van der Waals surface area contributed by atoms with Crippen molar-refractivity contribution in [3.05, 3.63) is 35.9 Å². The molecule has 0 amide bonds. The minimum absolute atomic E-state index is 0.102. The molecule has 1 aromatic rings. The van der Waals surface area contributed by atoms with Gasteiger partial charge in [0.15, 0.2) is 0 Å². The van der Waals surface area contributed by atoms with E-state index in [0.717, 1.165) is 5.57 Å². The Bertz CT molecular complexity index is 683. The van der Waals surface area contributed by atoms with Gasteiger partial charge in [-0.25, -0.2) is 8.42 Å². The molecule has 0 unspecified atom stereocenters. The molecule has 0 N–H and O–H groups in total. The first-order chi connectivity index (χ1) is 10.7. The van der Waals surface area contributed by atoms with Crippen molar-refractivity contribution < 1.29 is 26.3 Å². The van der Waals surface area contributed by atoms with Crippen molar-refractivity contribution in [2.45, 2.75) is 26.1 Å². The molecule has 1 aliphatic heterocycles. The van der Waals surface area contributed by atoms with E-state index in [0.29, 0.717) is 24.9 Å². The number of sulfonamides is 1. The van der Waals surface area contributed by atoms with Crippen molar-refractivity contribution in [3.63, 3.8) is 0 Å². The average Bonchev–Trinajstić information content (AvgIpc) is 2.46. The van der Waals surface area contributed by atoms with Crippen LogP contribution < -0.4 is 4.74 Å². The van der Waals surface area contributed by atoms with Gasteiger partial charge in [-0.1, -0.05) is 25.1 Å². The third-order valence-electron chi connectivity index (χ3n) is 3.47. The summed E-state index contributed by atoms with van der Waals surface area (Å²) in [4.78, 5) is 0. The second-order valence-electron chi connectivity index (χ2n) is 5.23. The topological polar surface area (TPSA) is 46.6 Å². The van der Waals surface area contributed by atoms with Crippen LogP contribution in [0.25, 0.3) is 5.57 Å². The summed E-state index contributed by atoms with van der Waals surface area (Å²) >= 11 is 0. The van der Waals surface area contributed by atoms with E-state index in [9.17, 15) is 21.6 Å². The zero-order valence-electron chi connectivity index (χ0n) is 12.6. The minimum atomic E-state index is -4.73. The maximum Gasteiger partial charge on any atom is 0.573 e. The van der Waals surface area contributed by atoms with E-state index in [1.54, 1.807) is 19.1 Å². The molecule has 2 rings (SSSR count). The van der Waals surface area contributed by atoms with Crippen molar-refractivity contribution in [1.29, 1.82) is 0 Å². The number of rotatable bonds is 5. The molecule has 0 atom stereocenters. The van der Waals surface area contributed by atoms with Crippen LogP contribution >= 0.6 is 0 Å². The van der Waals surface area contributed by atoms with E-state index in [2.05, 4.69) is 4.74 Å². The molecule has 128 valence electrons. The number of hydrogen-bond donors (Lipinski definition) is 0. The summed E-state index contributed by atoms with van der Waals surface area (Å²) < 4.78 is 66.1. The van der Waals surface area contributed by atoms with Crippen molar-refractivity contribution in [1.82, 2.24) is 4.31 Å². The Kier molecular flexibility index (Phi) is 5.36. The maximum absolute atomic E-state index is 12.3. The molecule has 0 aromatic heterocycles. The largest absolute Gasteiger partial charge is 0.573 e. The minimum Gasteiger partial charge on any atom is -0.406 e. The van der Waals surface area contributed by atoms with Crippen LogP contribution in [0.2, 0.25) is 0 Å². The van der Waals surface area contributed by atoms with Gasteiger partial charge in [0.05, 0.1) is 5.75 Å². The molecular formula is C15H18F3NO3S. The lowest BCUT2D eigenvalue weighted by molar-refractivity contribution is -0.274. The molecule has 0 saturated carbocycles. The normalized spacial score (nSPS) is 17.0. The number of alkyl halides is 3. The zero-order valence-corrected chi connectivity index (χ0v) is 13.5. The van der Waals surface area contributed by atoms with Crippen molar-refractivity contribution in [2.24, 2.45) is 0 Å². The molecule has 0 aliphatic carbocycles. The van der Waals surface area contributed by atoms with Crippen LogP contribution in [0.1, 0.15) is 25.3 Å². The molecular weight excluding hydrogens is 331 g/mol. The second-order valence-corrected chi connectivity index (χ2v) is 7.32. The fourth-order valence-electron chi connectivity index (χ4n) is 2.45. The quantitative estimate of drug-likeness (QED) is 0.818. The third-order valence-corrected chi connectivity index (χ3v) is 5.51. The summed E-state index contributed by atoms with van der Waals surface area (Å²) in [6.07, 6.45) is -1.99. The molecule has 1 heterocycles. The van der Waals surface area contributed by atoms with Gasteiger partial charge in [0.2, 0.25) is 10.0 Å². The van der Waals surface area contributed by atoms with Crippen LogP contribution in [0.15, 0.2) is 30.3 Å². The Morgan fingerprint density at radius 1 is 1.30 bits per heavy atom. The van der Waals surface area contributed by atoms with Gasteiger partial charge in [0, 0.05) is 13.1 Å². The van der Waals surface area contributed by atoms with E-state index >= 15 is 0 Å². The van der Waals surface area contributed by atoms with Gasteiger partial charge >= 0.3 is 6.36 Å². The smallest absolute Gasteiger partial charge is 0.406 e. The van der Waals surface area contributed by atoms with Crippen molar-refractivity contribution >= 4 is 15.6 Å². The lowest BCUT2D eigenvalue weighted by Crippen LogP contribution is -2.36. The lowest BCUT2D eigenvalue weighted by Gasteiger charge is -2.26. The summed E-state index contributed by atoms with van der Waals surface area (Å²) in [5.74, 6) is -0.178. The number of hydrogen-bond acceptors (Lipinski definition) is 3. The Morgan fingerprint density at radius 2 is 2.04 bits per heavy atom. The monoisotopic (exact) mass is 349 g/mol. The molecule has 0 fully saturated rings. The highest BCUT2D eigenvalue weighted by Crippen LogP contribution is 2.29. The van der Waals surface area contributed by atoms with E-state index in [1.165, 1.54) is 22.5 Å². The highest BCUT2D eigenvalue weighted by atomic mass is 32.2. The highest BCUT2D eigenvalue weighted by molar-refractivity contribution is 7.89. The molecule has 4 nitrogen and oxygen atoms in total. The maximum atomic E-state index is 12.3. The molecule has 23 heavy (non-hydrogen) atoms. The van der Waals surface area contributed by atoms with Gasteiger partial charge in [-0.05, 0) is 36.1 Å². The van der Waals surface area contributed by atoms with Crippen LogP contribution in [-0.2, 0) is 10.0 Å².